The Morgan fingerprint density at radius 1 is 0.970 bits per heavy atom. The number of carbonyl (C=O) groups excluding carboxylic acids is 1. The van der Waals surface area contributed by atoms with Crippen molar-refractivity contribution in [3.63, 3.8) is 0 Å². The fraction of sp³-hybridized carbons (Fsp3) is 0.120. The Kier molecular flexibility index (Phi) is 6.66. The predicted molar refractivity (Wildman–Crippen MR) is 133 cm³/mol. The van der Waals surface area contributed by atoms with E-state index < -0.39 is 17.4 Å². The van der Waals surface area contributed by atoms with Crippen LogP contribution in [0.25, 0.3) is 22.3 Å². The molecule has 0 saturated heterocycles. The summed E-state index contributed by atoms with van der Waals surface area (Å²) < 4.78 is 12.0. The molecule has 0 aliphatic rings. The Morgan fingerprint density at radius 2 is 1.58 bits per heavy atom. The minimum atomic E-state index is -1.01. The molecule has 0 spiro atoms. The van der Waals surface area contributed by atoms with Crippen molar-refractivity contribution in [3.8, 4) is 17.1 Å². The molecule has 0 bridgehead atoms. The van der Waals surface area contributed by atoms with Gasteiger partial charge in [-0.25, -0.2) is 0 Å². The van der Waals surface area contributed by atoms with E-state index in [-0.39, 0.29) is 16.9 Å². The number of hydrogen-bond donors (Lipinski definition) is 1. The number of anilines is 1. The highest BCUT2D eigenvalue weighted by Gasteiger charge is 2.23. The summed E-state index contributed by atoms with van der Waals surface area (Å²) in [6.07, 6.45) is -1.01. The van der Waals surface area contributed by atoms with E-state index in [1.807, 2.05) is 6.92 Å². The van der Waals surface area contributed by atoms with E-state index in [4.69, 9.17) is 44.0 Å². The number of ether oxygens (including phenoxy) is 1. The lowest BCUT2D eigenvalue weighted by atomic mass is 10.1. The van der Waals surface area contributed by atoms with Gasteiger partial charge in [-0.05, 0) is 80.1 Å². The highest BCUT2D eigenvalue weighted by molar-refractivity contribution is 6.32. The second-order valence-corrected chi connectivity index (χ2v) is 8.73. The number of nitrogens with one attached hydrogen (secondary N) is 1. The molecule has 1 unspecified atom stereocenters. The summed E-state index contributed by atoms with van der Waals surface area (Å²) in [5.74, 6) is -0.346. The molecule has 0 aliphatic heterocycles. The maximum Gasteiger partial charge on any atom is 0.265 e. The van der Waals surface area contributed by atoms with Crippen LogP contribution in [0.15, 0.2) is 69.9 Å². The van der Waals surface area contributed by atoms with Gasteiger partial charge in [-0.2, -0.15) is 0 Å². The number of amides is 1. The summed E-state index contributed by atoms with van der Waals surface area (Å²) in [6.45, 7) is 3.36. The van der Waals surface area contributed by atoms with E-state index in [1.54, 1.807) is 61.5 Å². The van der Waals surface area contributed by atoms with Crippen LogP contribution in [0.5, 0.6) is 5.75 Å². The first kappa shape index (κ1) is 23.2. The lowest BCUT2D eigenvalue weighted by Crippen LogP contribution is -2.31. The van der Waals surface area contributed by atoms with Crippen LogP contribution in [0.4, 0.5) is 5.69 Å². The fourth-order valence-corrected chi connectivity index (χ4v) is 3.62. The summed E-state index contributed by atoms with van der Waals surface area (Å²) in [4.78, 5) is 26.1. The molecule has 1 atom stereocenters. The molecule has 0 fully saturated rings. The number of aryl methyl sites for hydroxylation is 1. The van der Waals surface area contributed by atoms with E-state index in [1.165, 1.54) is 6.07 Å². The highest BCUT2D eigenvalue weighted by Crippen LogP contribution is 2.34. The van der Waals surface area contributed by atoms with Crippen LogP contribution < -0.4 is 15.5 Å². The van der Waals surface area contributed by atoms with Crippen LogP contribution >= 0.6 is 34.8 Å². The molecule has 0 radical (unpaired) electrons. The maximum absolute atomic E-state index is 13.4. The number of rotatable bonds is 5. The SMILES string of the molecule is Cc1cc2oc(-c3ccc(Cl)cc3)c(OC(C)C(=O)Nc3ccc(Cl)cc3)c(=O)c2cc1Cl. The number of carbonyl (C=O) groups is 1. The minimum Gasteiger partial charge on any atom is -0.473 e. The maximum atomic E-state index is 13.4. The Balaban J connectivity index is 1.76. The lowest BCUT2D eigenvalue weighted by molar-refractivity contribution is -0.122. The van der Waals surface area contributed by atoms with Crippen LogP contribution in [-0.4, -0.2) is 12.0 Å². The fourth-order valence-electron chi connectivity index (χ4n) is 3.20. The van der Waals surface area contributed by atoms with Crippen molar-refractivity contribution < 1.29 is 13.9 Å². The smallest absolute Gasteiger partial charge is 0.265 e. The van der Waals surface area contributed by atoms with Gasteiger partial charge in [0.05, 0.1) is 5.39 Å². The first-order valence-electron chi connectivity index (χ1n) is 9.99. The first-order valence-corrected chi connectivity index (χ1v) is 11.1. The van der Waals surface area contributed by atoms with Crippen LogP contribution in [0.3, 0.4) is 0 Å². The lowest BCUT2D eigenvalue weighted by Gasteiger charge is -2.17. The third-order valence-electron chi connectivity index (χ3n) is 5.01. The molecule has 3 aromatic carbocycles. The molecule has 168 valence electrons. The Hall–Kier alpha value is -2.99. The molecule has 4 aromatic rings. The van der Waals surface area contributed by atoms with Gasteiger partial charge in [0.25, 0.3) is 5.91 Å². The molecule has 1 aromatic heterocycles. The molecule has 5 nitrogen and oxygen atoms in total. The molecule has 1 amide bonds. The van der Waals surface area contributed by atoms with E-state index in [0.29, 0.717) is 31.9 Å². The van der Waals surface area contributed by atoms with Crippen molar-refractivity contribution >= 4 is 57.4 Å². The van der Waals surface area contributed by atoms with E-state index >= 15 is 0 Å². The Bertz CT molecular complexity index is 1400. The first-order chi connectivity index (χ1) is 15.7. The summed E-state index contributed by atoms with van der Waals surface area (Å²) in [5.41, 5.74) is 1.81. The van der Waals surface area contributed by atoms with Gasteiger partial charge in [-0.1, -0.05) is 34.8 Å². The molecular formula is C25H18Cl3NO4. The highest BCUT2D eigenvalue weighted by atomic mass is 35.5. The number of hydrogen-bond acceptors (Lipinski definition) is 4. The third kappa shape index (κ3) is 5.01. The van der Waals surface area contributed by atoms with Crippen molar-refractivity contribution in [1.29, 1.82) is 0 Å². The zero-order valence-corrected chi connectivity index (χ0v) is 19.9. The largest absolute Gasteiger partial charge is 0.473 e. The molecule has 8 heteroatoms. The normalized spacial score (nSPS) is 11.9. The van der Waals surface area contributed by atoms with Gasteiger partial charge >= 0.3 is 0 Å². The monoisotopic (exact) mass is 501 g/mol. The average molecular weight is 503 g/mol. The van der Waals surface area contributed by atoms with Gasteiger partial charge in [0, 0.05) is 26.3 Å². The standard InChI is InChI=1S/C25H18Cl3NO4/c1-13-11-21-19(12-20(13)28)22(30)24(23(33-21)15-3-5-16(26)6-4-15)32-14(2)25(31)29-18-9-7-17(27)8-10-18/h3-12,14H,1-2H3,(H,29,31). The van der Waals surface area contributed by atoms with Gasteiger partial charge in [0.15, 0.2) is 11.9 Å². The Morgan fingerprint density at radius 3 is 2.21 bits per heavy atom. The summed E-state index contributed by atoms with van der Waals surface area (Å²) in [7, 11) is 0. The van der Waals surface area contributed by atoms with E-state index in [2.05, 4.69) is 5.32 Å². The second kappa shape index (κ2) is 9.48. The van der Waals surface area contributed by atoms with E-state index in [0.717, 1.165) is 5.56 Å². The van der Waals surface area contributed by atoms with Crippen LogP contribution in [-0.2, 0) is 4.79 Å². The Labute approximate surface area is 204 Å². The second-order valence-electron chi connectivity index (χ2n) is 7.45. The third-order valence-corrected chi connectivity index (χ3v) is 5.92. The van der Waals surface area contributed by atoms with Crippen molar-refractivity contribution in [2.75, 3.05) is 5.32 Å². The summed E-state index contributed by atoms with van der Waals surface area (Å²) in [6, 6.07) is 16.6. The van der Waals surface area contributed by atoms with Gasteiger partial charge in [0.2, 0.25) is 11.2 Å². The molecule has 0 aliphatic carbocycles. The minimum absolute atomic E-state index is 0.0940. The van der Waals surface area contributed by atoms with Gasteiger partial charge in [-0.15, -0.1) is 0 Å². The number of benzene rings is 3. The number of halogens is 3. The molecule has 1 N–H and O–H groups in total. The summed E-state index contributed by atoms with van der Waals surface area (Å²) >= 11 is 18.1. The van der Waals surface area contributed by atoms with Crippen molar-refractivity contribution in [2.45, 2.75) is 20.0 Å². The van der Waals surface area contributed by atoms with Crippen LogP contribution in [0, 0.1) is 6.92 Å². The van der Waals surface area contributed by atoms with Gasteiger partial charge in [-0.3, -0.25) is 9.59 Å². The zero-order chi connectivity index (χ0) is 23.7. The van der Waals surface area contributed by atoms with E-state index in [9.17, 15) is 9.59 Å². The average Bonchev–Trinajstić information content (AvgIpc) is 2.79. The van der Waals surface area contributed by atoms with Crippen molar-refractivity contribution in [1.82, 2.24) is 0 Å². The quantitative estimate of drug-likeness (QED) is 0.315. The predicted octanol–water partition coefficient (Wildman–Crippen LogP) is 7.13. The van der Waals surface area contributed by atoms with Gasteiger partial charge in [0.1, 0.15) is 5.58 Å². The van der Waals surface area contributed by atoms with Crippen LogP contribution in [0.2, 0.25) is 15.1 Å². The molecule has 0 saturated carbocycles. The van der Waals surface area contributed by atoms with Crippen molar-refractivity contribution in [2.24, 2.45) is 0 Å². The zero-order valence-electron chi connectivity index (χ0n) is 17.6. The molecular weight excluding hydrogens is 485 g/mol. The topological polar surface area (TPSA) is 68.5 Å². The van der Waals surface area contributed by atoms with Crippen LogP contribution in [0.1, 0.15) is 12.5 Å². The van der Waals surface area contributed by atoms with Gasteiger partial charge < -0.3 is 14.5 Å². The van der Waals surface area contributed by atoms with Crippen molar-refractivity contribution in [3.05, 3.63) is 91.5 Å². The number of fused-ring (bicyclic) bond motifs is 1. The summed E-state index contributed by atoms with van der Waals surface area (Å²) in [5, 5.41) is 4.49. The molecule has 33 heavy (non-hydrogen) atoms. The molecule has 4 rings (SSSR count). The molecule has 1 heterocycles.